The van der Waals surface area contributed by atoms with Gasteiger partial charge in [-0.15, -0.1) is 0 Å². The first-order chi connectivity index (χ1) is 16.7. The molecule has 1 fully saturated rings. The average molecular weight is 479 g/mol. The maximum Gasteiger partial charge on any atom is 0.407 e. The summed E-state index contributed by atoms with van der Waals surface area (Å²) in [5.74, 6) is -1.19. The number of carbonyl (C=O) groups excluding carboxylic acids is 2. The van der Waals surface area contributed by atoms with Crippen LogP contribution in [0, 0.1) is 11.3 Å². The number of aliphatic carboxylic acids is 1. The van der Waals surface area contributed by atoms with Crippen molar-refractivity contribution >= 4 is 18.0 Å². The predicted molar refractivity (Wildman–Crippen MR) is 133 cm³/mol. The highest BCUT2D eigenvalue weighted by Crippen LogP contribution is 2.44. The van der Waals surface area contributed by atoms with E-state index in [-0.39, 0.29) is 43.4 Å². The summed E-state index contributed by atoms with van der Waals surface area (Å²) in [6.45, 7) is 6.35. The fourth-order valence-electron chi connectivity index (χ4n) is 5.34. The number of carboxylic acids is 1. The Balaban J connectivity index is 1.36. The Labute approximate surface area is 206 Å². The molecule has 35 heavy (non-hydrogen) atoms. The molecule has 2 amide bonds. The van der Waals surface area contributed by atoms with Crippen molar-refractivity contribution in [3.05, 3.63) is 59.7 Å². The monoisotopic (exact) mass is 478 g/mol. The Morgan fingerprint density at radius 2 is 1.71 bits per heavy atom. The number of hydrogen-bond acceptors (Lipinski definition) is 4. The predicted octanol–water partition coefficient (Wildman–Crippen LogP) is 4.65. The van der Waals surface area contributed by atoms with Crippen LogP contribution in [0.5, 0.6) is 0 Å². The van der Waals surface area contributed by atoms with Crippen LogP contribution in [0.15, 0.2) is 48.5 Å². The van der Waals surface area contributed by atoms with Gasteiger partial charge in [-0.2, -0.15) is 0 Å². The van der Waals surface area contributed by atoms with E-state index in [1.54, 1.807) is 11.8 Å². The lowest BCUT2D eigenvalue weighted by Gasteiger charge is -2.24. The van der Waals surface area contributed by atoms with Crippen LogP contribution in [-0.4, -0.2) is 53.7 Å². The third-order valence-corrected chi connectivity index (χ3v) is 7.67. The summed E-state index contributed by atoms with van der Waals surface area (Å²) in [6, 6.07) is 16.0. The SMILES string of the molecule is CCCC(CC(=O)N1CC(C)C(C)(C(=O)O)C1)NC(=O)OCC1c2ccccc2-c2ccccc21. The lowest BCUT2D eigenvalue weighted by Crippen LogP contribution is -2.41. The Bertz CT molecular complexity index is 1070. The standard InChI is InChI=1S/C28H34N2O5/c1-4-9-19(14-25(31)30-15-18(2)28(3,17-30)26(32)33)29-27(34)35-16-24-22-12-7-5-10-20(22)21-11-6-8-13-23(21)24/h5-8,10-13,18-19,24H,4,9,14-17H2,1-3H3,(H,29,34)(H,32,33). The molecule has 0 saturated carbocycles. The fourth-order valence-corrected chi connectivity index (χ4v) is 5.34. The average Bonchev–Trinajstić information content (AvgIpc) is 3.33. The van der Waals surface area contributed by atoms with Gasteiger partial charge in [0.1, 0.15) is 6.61 Å². The first-order valence-corrected chi connectivity index (χ1v) is 12.4. The molecule has 1 aliphatic carbocycles. The zero-order valence-corrected chi connectivity index (χ0v) is 20.6. The molecule has 1 aliphatic heterocycles. The summed E-state index contributed by atoms with van der Waals surface area (Å²) >= 11 is 0. The molecule has 4 rings (SSSR count). The van der Waals surface area contributed by atoms with Crippen LogP contribution in [0.25, 0.3) is 11.1 Å². The van der Waals surface area contributed by atoms with Crippen LogP contribution in [-0.2, 0) is 14.3 Å². The maximum atomic E-state index is 13.0. The third-order valence-electron chi connectivity index (χ3n) is 7.67. The van der Waals surface area contributed by atoms with Crippen LogP contribution < -0.4 is 5.32 Å². The van der Waals surface area contributed by atoms with Crippen molar-refractivity contribution in [1.29, 1.82) is 0 Å². The molecular formula is C28H34N2O5. The van der Waals surface area contributed by atoms with Crippen molar-refractivity contribution in [2.75, 3.05) is 19.7 Å². The van der Waals surface area contributed by atoms with Gasteiger partial charge in [0, 0.05) is 31.5 Å². The molecule has 2 aromatic carbocycles. The van der Waals surface area contributed by atoms with E-state index in [9.17, 15) is 19.5 Å². The molecular weight excluding hydrogens is 444 g/mol. The number of carbonyl (C=O) groups is 3. The molecule has 3 unspecified atom stereocenters. The minimum atomic E-state index is -0.948. The van der Waals surface area contributed by atoms with Crippen molar-refractivity contribution < 1.29 is 24.2 Å². The van der Waals surface area contributed by atoms with E-state index in [1.807, 2.05) is 38.1 Å². The number of ether oxygens (including phenoxy) is 1. The molecule has 2 aromatic rings. The largest absolute Gasteiger partial charge is 0.481 e. The van der Waals surface area contributed by atoms with Gasteiger partial charge in [-0.3, -0.25) is 9.59 Å². The molecule has 3 atom stereocenters. The van der Waals surface area contributed by atoms with E-state index in [2.05, 4.69) is 29.6 Å². The van der Waals surface area contributed by atoms with E-state index in [1.165, 1.54) is 11.1 Å². The minimum Gasteiger partial charge on any atom is -0.481 e. The van der Waals surface area contributed by atoms with Crippen LogP contribution >= 0.6 is 0 Å². The van der Waals surface area contributed by atoms with Gasteiger partial charge in [-0.05, 0) is 41.5 Å². The smallest absolute Gasteiger partial charge is 0.407 e. The Morgan fingerprint density at radius 1 is 1.11 bits per heavy atom. The normalized spacial score (nSPS) is 21.8. The van der Waals surface area contributed by atoms with E-state index in [0.29, 0.717) is 13.0 Å². The highest BCUT2D eigenvalue weighted by atomic mass is 16.5. The number of likely N-dealkylation sites (tertiary alicyclic amines) is 1. The Morgan fingerprint density at radius 3 is 2.26 bits per heavy atom. The lowest BCUT2D eigenvalue weighted by molar-refractivity contribution is -0.149. The minimum absolute atomic E-state index is 0.0285. The van der Waals surface area contributed by atoms with E-state index in [4.69, 9.17) is 4.74 Å². The number of carboxylic acid groups (broad SMARTS) is 1. The summed E-state index contributed by atoms with van der Waals surface area (Å²) in [7, 11) is 0. The van der Waals surface area contributed by atoms with Crippen molar-refractivity contribution in [3.8, 4) is 11.1 Å². The van der Waals surface area contributed by atoms with Gasteiger partial charge in [0.05, 0.1) is 5.41 Å². The zero-order valence-electron chi connectivity index (χ0n) is 20.6. The molecule has 0 bridgehead atoms. The van der Waals surface area contributed by atoms with Crippen molar-refractivity contribution in [3.63, 3.8) is 0 Å². The number of benzene rings is 2. The molecule has 7 nitrogen and oxygen atoms in total. The number of alkyl carbamates (subject to hydrolysis) is 1. The number of fused-ring (bicyclic) bond motifs is 3. The van der Waals surface area contributed by atoms with Crippen molar-refractivity contribution in [2.24, 2.45) is 11.3 Å². The number of amides is 2. The molecule has 7 heteroatoms. The van der Waals surface area contributed by atoms with Gasteiger partial charge in [0.25, 0.3) is 0 Å². The third kappa shape index (κ3) is 4.90. The molecule has 186 valence electrons. The number of hydrogen-bond donors (Lipinski definition) is 2. The number of rotatable bonds is 8. The van der Waals surface area contributed by atoms with Crippen molar-refractivity contribution in [1.82, 2.24) is 10.2 Å². The van der Waals surface area contributed by atoms with Gasteiger partial charge in [-0.25, -0.2) is 4.79 Å². The second-order valence-electron chi connectivity index (χ2n) is 10.1. The first-order valence-electron chi connectivity index (χ1n) is 12.4. The maximum absolute atomic E-state index is 13.0. The van der Waals surface area contributed by atoms with E-state index < -0.39 is 17.5 Å². The first kappa shape index (κ1) is 24.8. The van der Waals surface area contributed by atoms with E-state index in [0.717, 1.165) is 17.5 Å². The topological polar surface area (TPSA) is 95.9 Å². The van der Waals surface area contributed by atoms with Gasteiger partial charge >= 0.3 is 12.1 Å². The summed E-state index contributed by atoms with van der Waals surface area (Å²) in [5.41, 5.74) is 3.67. The second kappa shape index (κ2) is 10.1. The molecule has 0 aromatic heterocycles. The van der Waals surface area contributed by atoms with Gasteiger partial charge in [0.15, 0.2) is 0 Å². The summed E-state index contributed by atoms with van der Waals surface area (Å²) in [4.78, 5) is 39.0. The highest BCUT2D eigenvalue weighted by molar-refractivity contribution is 5.82. The van der Waals surface area contributed by atoms with Crippen LogP contribution in [0.3, 0.4) is 0 Å². The highest BCUT2D eigenvalue weighted by Gasteiger charge is 2.47. The number of nitrogens with zero attached hydrogens (tertiary/aromatic N) is 1. The fraction of sp³-hybridized carbons (Fsp3) is 0.464. The van der Waals surface area contributed by atoms with Crippen molar-refractivity contribution in [2.45, 2.75) is 52.0 Å². The van der Waals surface area contributed by atoms with Crippen LogP contribution in [0.1, 0.15) is 57.1 Å². The van der Waals surface area contributed by atoms with Crippen LogP contribution in [0.2, 0.25) is 0 Å². The molecule has 1 heterocycles. The zero-order chi connectivity index (χ0) is 25.2. The quantitative estimate of drug-likeness (QED) is 0.576. The van der Waals surface area contributed by atoms with E-state index >= 15 is 0 Å². The molecule has 2 aliphatic rings. The van der Waals surface area contributed by atoms with Gasteiger partial charge < -0.3 is 20.1 Å². The molecule has 0 radical (unpaired) electrons. The molecule has 1 saturated heterocycles. The number of nitrogens with one attached hydrogen (secondary N) is 1. The molecule has 0 spiro atoms. The molecule has 2 N–H and O–H groups in total. The Kier molecular flexibility index (Phi) is 7.15. The lowest BCUT2D eigenvalue weighted by atomic mass is 9.81. The Hall–Kier alpha value is -3.35. The van der Waals surface area contributed by atoms with Gasteiger partial charge in [0.2, 0.25) is 5.91 Å². The summed E-state index contributed by atoms with van der Waals surface area (Å²) in [6.07, 6.45) is 1.02. The van der Waals surface area contributed by atoms with Crippen LogP contribution in [0.4, 0.5) is 4.79 Å². The second-order valence-corrected chi connectivity index (χ2v) is 10.1. The summed E-state index contributed by atoms with van der Waals surface area (Å²) in [5, 5.41) is 12.5. The van der Waals surface area contributed by atoms with Gasteiger partial charge in [-0.1, -0.05) is 68.8 Å². The summed E-state index contributed by atoms with van der Waals surface area (Å²) < 4.78 is 5.65.